The van der Waals surface area contributed by atoms with Gasteiger partial charge in [0.15, 0.2) is 0 Å². The number of morpholine rings is 1. The second-order valence-electron chi connectivity index (χ2n) is 4.64. The number of aromatic amines is 1. The molecule has 110 valence electrons. The van der Waals surface area contributed by atoms with E-state index in [1.807, 2.05) is 28.6 Å². The zero-order chi connectivity index (χ0) is 14.7. The normalized spacial score (nSPS) is 16.0. The molecule has 1 aromatic carbocycles. The zero-order valence-corrected chi connectivity index (χ0v) is 12.1. The summed E-state index contributed by atoms with van der Waals surface area (Å²) in [5.74, 6) is -0.419. The van der Waals surface area contributed by atoms with E-state index < -0.39 is 5.91 Å². The van der Waals surface area contributed by atoms with E-state index >= 15 is 0 Å². The van der Waals surface area contributed by atoms with E-state index in [4.69, 9.17) is 4.74 Å². The summed E-state index contributed by atoms with van der Waals surface area (Å²) in [5.41, 5.74) is 1.25. The topological polar surface area (TPSA) is 74.4 Å². The quantitative estimate of drug-likeness (QED) is 0.830. The van der Waals surface area contributed by atoms with E-state index in [1.54, 1.807) is 6.07 Å². The van der Waals surface area contributed by atoms with Crippen molar-refractivity contribution < 1.29 is 14.3 Å². The van der Waals surface area contributed by atoms with Crippen molar-refractivity contribution in [1.82, 2.24) is 14.6 Å². The van der Waals surface area contributed by atoms with Gasteiger partial charge in [-0.3, -0.25) is 14.9 Å². The molecule has 0 bridgehead atoms. The van der Waals surface area contributed by atoms with Gasteiger partial charge in [-0.05, 0) is 12.1 Å². The number of imide groups is 1. The number of H-pyrrole nitrogens is 1. The third kappa shape index (κ3) is 3.44. The number of carbonyl (C=O) groups is 2. The second kappa shape index (κ2) is 6.30. The Kier molecular flexibility index (Phi) is 4.23. The minimum Gasteiger partial charge on any atom is -0.379 e. The van der Waals surface area contributed by atoms with Crippen molar-refractivity contribution in [1.29, 1.82) is 0 Å². The minimum absolute atomic E-state index is 0.374. The largest absolute Gasteiger partial charge is 0.379 e. The van der Waals surface area contributed by atoms with Crippen LogP contribution in [0.5, 0.6) is 0 Å². The summed E-state index contributed by atoms with van der Waals surface area (Å²) in [4.78, 5) is 26.9. The summed E-state index contributed by atoms with van der Waals surface area (Å²) < 4.78 is 7.09. The van der Waals surface area contributed by atoms with Gasteiger partial charge in [0.25, 0.3) is 5.91 Å². The van der Waals surface area contributed by atoms with Crippen LogP contribution in [0.4, 0.5) is 4.79 Å². The maximum Gasteiger partial charge on any atom is 0.301 e. The highest BCUT2D eigenvalue weighted by molar-refractivity contribution is 8.11. The summed E-state index contributed by atoms with van der Waals surface area (Å²) in [5, 5.41) is 2.94. The number of rotatable bonds is 2. The van der Waals surface area contributed by atoms with Crippen LogP contribution in [0.25, 0.3) is 10.9 Å². The molecule has 0 atom stereocenters. The number of ether oxygens (including phenoxy) is 1. The van der Waals surface area contributed by atoms with Crippen LogP contribution in [0.3, 0.4) is 0 Å². The number of benzene rings is 1. The number of aromatic nitrogens is 1. The van der Waals surface area contributed by atoms with E-state index in [-0.39, 0.29) is 5.24 Å². The lowest BCUT2D eigenvalue weighted by Gasteiger charge is -2.24. The lowest BCUT2D eigenvalue weighted by atomic mass is 10.2. The molecule has 1 aromatic heterocycles. The fourth-order valence-corrected chi connectivity index (χ4v) is 2.84. The third-order valence-electron chi connectivity index (χ3n) is 3.17. The van der Waals surface area contributed by atoms with Gasteiger partial charge in [-0.25, -0.2) is 4.31 Å². The van der Waals surface area contributed by atoms with Crippen LogP contribution >= 0.6 is 11.9 Å². The van der Waals surface area contributed by atoms with Gasteiger partial charge >= 0.3 is 5.24 Å². The van der Waals surface area contributed by atoms with Gasteiger partial charge in [-0.2, -0.15) is 0 Å². The van der Waals surface area contributed by atoms with Gasteiger partial charge in [0, 0.05) is 35.9 Å². The van der Waals surface area contributed by atoms with Gasteiger partial charge in [0.1, 0.15) is 5.69 Å². The Balaban J connectivity index is 1.61. The Morgan fingerprint density at radius 2 is 2.00 bits per heavy atom. The predicted molar refractivity (Wildman–Crippen MR) is 81.1 cm³/mol. The van der Waals surface area contributed by atoms with Crippen molar-refractivity contribution in [3.8, 4) is 0 Å². The number of amides is 2. The number of nitrogens with one attached hydrogen (secondary N) is 2. The number of hydrogen-bond acceptors (Lipinski definition) is 5. The molecule has 1 fully saturated rings. The Morgan fingerprint density at radius 3 is 2.76 bits per heavy atom. The molecule has 0 spiro atoms. The van der Waals surface area contributed by atoms with Gasteiger partial charge in [-0.1, -0.05) is 18.2 Å². The lowest BCUT2D eigenvalue weighted by molar-refractivity contribution is 0.0775. The first-order valence-electron chi connectivity index (χ1n) is 6.66. The van der Waals surface area contributed by atoms with E-state index in [2.05, 4.69) is 10.3 Å². The maximum absolute atomic E-state index is 12.0. The number of hydrogen-bond donors (Lipinski definition) is 2. The average molecular weight is 305 g/mol. The molecule has 1 saturated heterocycles. The van der Waals surface area contributed by atoms with Crippen LogP contribution in [0, 0.1) is 0 Å². The molecule has 2 aromatic rings. The molecule has 21 heavy (non-hydrogen) atoms. The first kappa shape index (κ1) is 14.1. The SMILES string of the molecule is O=C(NC(=O)c1cc2ccccc2[nH]1)SN1CCOCC1. The Morgan fingerprint density at radius 1 is 1.24 bits per heavy atom. The Hall–Kier alpha value is -1.83. The minimum atomic E-state index is -0.419. The Bertz CT molecular complexity index is 631. The number of carbonyl (C=O) groups excluding carboxylic acids is 2. The monoisotopic (exact) mass is 305 g/mol. The van der Waals surface area contributed by atoms with Crippen molar-refractivity contribution in [2.45, 2.75) is 0 Å². The summed E-state index contributed by atoms with van der Waals surface area (Å²) in [6, 6.07) is 9.32. The van der Waals surface area contributed by atoms with E-state index in [9.17, 15) is 9.59 Å². The van der Waals surface area contributed by atoms with Crippen LogP contribution in [0.2, 0.25) is 0 Å². The molecule has 0 unspecified atom stereocenters. The molecule has 7 heteroatoms. The fraction of sp³-hybridized carbons (Fsp3) is 0.286. The molecule has 2 amide bonds. The fourth-order valence-electron chi connectivity index (χ4n) is 2.13. The van der Waals surface area contributed by atoms with Gasteiger partial charge in [-0.15, -0.1) is 0 Å². The summed E-state index contributed by atoms with van der Waals surface area (Å²) in [6.45, 7) is 2.57. The number of fused-ring (bicyclic) bond motifs is 1. The molecule has 3 rings (SSSR count). The number of para-hydroxylation sites is 1. The van der Waals surface area contributed by atoms with E-state index in [1.165, 1.54) is 0 Å². The van der Waals surface area contributed by atoms with Crippen molar-refractivity contribution in [3.05, 3.63) is 36.0 Å². The first-order valence-corrected chi connectivity index (χ1v) is 7.43. The predicted octanol–water partition coefficient (Wildman–Crippen LogP) is 2.00. The van der Waals surface area contributed by atoms with Crippen LogP contribution in [-0.4, -0.2) is 46.7 Å². The first-order chi connectivity index (χ1) is 10.2. The molecular weight excluding hydrogens is 290 g/mol. The maximum atomic E-state index is 12.0. The van der Waals surface area contributed by atoms with E-state index in [0.29, 0.717) is 32.0 Å². The van der Waals surface area contributed by atoms with E-state index in [0.717, 1.165) is 22.9 Å². The average Bonchev–Trinajstić information content (AvgIpc) is 2.92. The highest BCUT2D eigenvalue weighted by Gasteiger charge is 2.18. The van der Waals surface area contributed by atoms with Crippen LogP contribution in [0.15, 0.2) is 30.3 Å². The summed E-state index contributed by atoms with van der Waals surface area (Å²) >= 11 is 1.02. The number of nitrogens with zero attached hydrogens (tertiary/aromatic N) is 1. The Labute approximate surface area is 126 Å². The molecule has 2 N–H and O–H groups in total. The zero-order valence-electron chi connectivity index (χ0n) is 11.3. The highest BCUT2D eigenvalue weighted by atomic mass is 32.2. The van der Waals surface area contributed by atoms with Crippen molar-refractivity contribution in [2.75, 3.05) is 26.3 Å². The second-order valence-corrected chi connectivity index (χ2v) is 5.71. The standard InChI is InChI=1S/C14H15N3O3S/c18-13(12-9-10-3-1-2-4-11(10)15-12)16-14(19)21-17-5-7-20-8-6-17/h1-4,9,15H,5-8H2,(H,16,18,19). The highest BCUT2D eigenvalue weighted by Crippen LogP contribution is 2.16. The smallest absolute Gasteiger partial charge is 0.301 e. The molecule has 6 nitrogen and oxygen atoms in total. The molecule has 0 aliphatic carbocycles. The molecule has 0 saturated carbocycles. The lowest BCUT2D eigenvalue weighted by Crippen LogP contribution is -2.35. The molecule has 1 aliphatic rings. The third-order valence-corrected chi connectivity index (χ3v) is 4.06. The van der Waals surface area contributed by atoms with Gasteiger partial charge in [0.05, 0.1) is 13.2 Å². The molecular formula is C14H15N3O3S. The molecule has 0 radical (unpaired) electrons. The van der Waals surface area contributed by atoms with Crippen LogP contribution in [-0.2, 0) is 4.74 Å². The van der Waals surface area contributed by atoms with Gasteiger partial charge in [0.2, 0.25) is 0 Å². The van der Waals surface area contributed by atoms with Crippen LogP contribution < -0.4 is 5.32 Å². The molecule has 2 heterocycles. The van der Waals surface area contributed by atoms with Crippen molar-refractivity contribution in [2.24, 2.45) is 0 Å². The summed E-state index contributed by atoms with van der Waals surface area (Å²) in [6.07, 6.45) is 0. The van der Waals surface area contributed by atoms with Crippen molar-refractivity contribution in [3.63, 3.8) is 0 Å². The van der Waals surface area contributed by atoms with Crippen LogP contribution in [0.1, 0.15) is 10.5 Å². The molecule has 1 aliphatic heterocycles. The van der Waals surface area contributed by atoms with Gasteiger partial charge < -0.3 is 9.72 Å². The summed E-state index contributed by atoms with van der Waals surface area (Å²) in [7, 11) is 0. The van der Waals surface area contributed by atoms with Crippen molar-refractivity contribution >= 4 is 34.0 Å².